The molecule has 2 saturated heterocycles. The maximum atomic E-state index is 11.4. The fraction of sp³-hybridized carbons (Fsp3) is 0.296. The van der Waals surface area contributed by atoms with Crippen LogP contribution in [0.5, 0.6) is 0 Å². The van der Waals surface area contributed by atoms with Crippen LogP contribution in [0.1, 0.15) is 46.7 Å². The summed E-state index contributed by atoms with van der Waals surface area (Å²) < 4.78 is 6.50. The molecule has 2 heterocycles. The smallest absolute Gasteiger partial charge is 0.0801 e. The quantitative estimate of drug-likeness (QED) is 0.602. The molecule has 4 nitrogen and oxygen atoms in total. The number of halogens is 1. The second-order valence-corrected chi connectivity index (χ2v) is 9.18. The normalized spacial score (nSPS) is 24.4. The third-order valence-electron chi connectivity index (χ3n) is 6.76. The van der Waals surface area contributed by atoms with Gasteiger partial charge in [0.05, 0.1) is 18.7 Å². The summed E-state index contributed by atoms with van der Waals surface area (Å²) in [5, 5.41) is 15.9. The predicted molar refractivity (Wildman–Crippen MR) is 124 cm³/mol. The van der Waals surface area contributed by atoms with Gasteiger partial charge in [-0.15, -0.1) is 0 Å². The number of piperidine rings is 1. The number of nitrogens with one attached hydrogen (secondary N) is 1. The summed E-state index contributed by atoms with van der Waals surface area (Å²) in [6, 6.07) is 23.9. The van der Waals surface area contributed by atoms with Crippen molar-refractivity contribution in [2.45, 2.75) is 50.0 Å². The van der Waals surface area contributed by atoms with Gasteiger partial charge < -0.3 is 20.0 Å². The highest BCUT2D eigenvalue weighted by atomic mass is 35.5. The molecule has 3 aromatic carbocycles. The second-order valence-electron chi connectivity index (χ2n) is 8.75. The number of fused-ring (bicyclic) bond motifs is 2. The first-order valence-corrected chi connectivity index (χ1v) is 11.5. The molecule has 5 heteroatoms. The van der Waals surface area contributed by atoms with Crippen molar-refractivity contribution in [3.05, 3.63) is 94.5 Å². The van der Waals surface area contributed by atoms with Crippen molar-refractivity contribution >= 4 is 17.6 Å². The van der Waals surface area contributed by atoms with Crippen molar-refractivity contribution in [2.24, 2.45) is 0 Å². The minimum atomic E-state index is -1.17. The molecule has 3 aromatic rings. The topological polar surface area (TPSA) is 61.4 Å². The van der Waals surface area contributed by atoms with Crippen molar-refractivity contribution in [3.63, 3.8) is 0 Å². The largest absolute Gasteiger partial charge is 0.545 e. The molecule has 0 aromatic heterocycles. The van der Waals surface area contributed by atoms with E-state index in [0.29, 0.717) is 30.2 Å². The van der Waals surface area contributed by atoms with Gasteiger partial charge in [0, 0.05) is 28.6 Å². The van der Waals surface area contributed by atoms with Crippen LogP contribution in [0, 0.1) is 0 Å². The standard InChI is InChI=1S/C27H26ClNO3/c28-20-11-9-19(10-12-20)24-15-21-13-14-25(29-21)26(24)32-16-17-5-7-18(8-6-17)22-3-1-2-4-23(22)27(30)31/h1-12,21,24-26,29H,13-16H2,(H,30,31)/p-1. The summed E-state index contributed by atoms with van der Waals surface area (Å²) in [4.78, 5) is 11.4. The highest BCUT2D eigenvalue weighted by molar-refractivity contribution is 6.30. The number of benzene rings is 3. The number of carboxylic acid groups (broad SMARTS) is 1. The van der Waals surface area contributed by atoms with Crippen molar-refractivity contribution in [1.29, 1.82) is 0 Å². The zero-order valence-corrected chi connectivity index (χ0v) is 18.4. The first kappa shape index (κ1) is 21.2. The summed E-state index contributed by atoms with van der Waals surface area (Å²) in [6.45, 7) is 0.514. The molecule has 2 fully saturated rings. The Hall–Kier alpha value is -2.66. The van der Waals surface area contributed by atoms with Gasteiger partial charge in [0.15, 0.2) is 0 Å². The molecular weight excluding hydrogens is 422 g/mol. The Bertz CT molecular complexity index is 1100. The number of carbonyl (C=O) groups excluding carboxylic acids is 1. The van der Waals surface area contributed by atoms with Crippen LogP contribution < -0.4 is 10.4 Å². The van der Waals surface area contributed by atoms with E-state index in [-0.39, 0.29) is 11.7 Å². The van der Waals surface area contributed by atoms with Crippen LogP contribution in [0.2, 0.25) is 5.02 Å². The molecule has 5 rings (SSSR count). The van der Waals surface area contributed by atoms with E-state index in [1.165, 1.54) is 12.0 Å². The van der Waals surface area contributed by atoms with Gasteiger partial charge in [0.25, 0.3) is 0 Å². The van der Waals surface area contributed by atoms with Crippen LogP contribution in [0.3, 0.4) is 0 Å². The van der Waals surface area contributed by atoms with E-state index in [9.17, 15) is 9.90 Å². The summed E-state index contributed by atoms with van der Waals surface area (Å²) in [5.41, 5.74) is 4.06. The van der Waals surface area contributed by atoms with E-state index in [4.69, 9.17) is 16.3 Å². The van der Waals surface area contributed by atoms with Crippen molar-refractivity contribution in [3.8, 4) is 11.1 Å². The number of carboxylic acids is 1. The molecule has 2 aliphatic heterocycles. The molecule has 0 amide bonds. The number of aromatic carboxylic acids is 1. The Balaban J connectivity index is 1.32. The number of hydrogen-bond acceptors (Lipinski definition) is 4. The molecule has 32 heavy (non-hydrogen) atoms. The Labute approximate surface area is 193 Å². The lowest BCUT2D eigenvalue weighted by Crippen LogP contribution is -2.49. The average Bonchev–Trinajstić information content (AvgIpc) is 3.21. The lowest BCUT2D eigenvalue weighted by molar-refractivity contribution is -0.254. The number of rotatable bonds is 6. The predicted octanol–water partition coefficient (Wildman–Crippen LogP) is 4.56. The van der Waals surface area contributed by atoms with Gasteiger partial charge in [-0.05, 0) is 53.6 Å². The Kier molecular flexibility index (Phi) is 6.01. The highest BCUT2D eigenvalue weighted by Crippen LogP contribution is 2.40. The van der Waals surface area contributed by atoms with Gasteiger partial charge in [-0.3, -0.25) is 0 Å². The Morgan fingerprint density at radius 1 is 1.00 bits per heavy atom. The Morgan fingerprint density at radius 3 is 2.50 bits per heavy atom. The zero-order chi connectivity index (χ0) is 22.1. The average molecular weight is 447 g/mol. The van der Waals surface area contributed by atoms with Crippen LogP contribution in [0.25, 0.3) is 11.1 Å². The van der Waals surface area contributed by atoms with Gasteiger partial charge in [0.2, 0.25) is 0 Å². The van der Waals surface area contributed by atoms with Crippen LogP contribution in [0.4, 0.5) is 0 Å². The minimum absolute atomic E-state index is 0.105. The van der Waals surface area contributed by atoms with Crippen LogP contribution in [-0.2, 0) is 11.3 Å². The van der Waals surface area contributed by atoms with E-state index >= 15 is 0 Å². The molecule has 164 valence electrons. The number of hydrogen-bond donors (Lipinski definition) is 1. The first-order valence-electron chi connectivity index (χ1n) is 11.1. The van der Waals surface area contributed by atoms with Gasteiger partial charge in [0.1, 0.15) is 0 Å². The summed E-state index contributed by atoms with van der Waals surface area (Å²) in [7, 11) is 0. The van der Waals surface area contributed by atoms with Crippen molar-refractivity contribution in [2.75, 3.05) is 0 Å². The fourth-order valence-corrected chi connectivity index (χ4v) is 5.30. The molecule has 0 saturated carbocycles. The molecule has 0 radical (unpaired) electrons. The second kappa shape index (κ2) is 9.07. The molecule has 4 unspecified atom stereocenters. The first-order chi connectivity index (χ1) is 15.6. The van der Waals surface area contributed by atoms with Gasteiger partial charge >= 0.3 is 0 Å². The van der Waals surface area contributed by atoms with E-state index < -0.39 is 5.97 Å². The van der Waals surface area contributed by atoms with E-state index in [2.05, 4.69) is 17.4 Å². The van der Waals surface area contributed by atoms with Crippen molar-refractivity contribution < 1.29 is 14.6 Å². The summed E-state index contributed by atoms with van der Waals surface area (Å²) in [5.74, 6) is -0.818. The fourth-order valence-electron chi connectivity index (χ4n) is 5.17. The van der Waals surface area contributed by atoms with E-state index in [1.54, 1.807) is 18.2 Å². The monoisotopic (exact) mass is 446 g/mol. The van der Waals surface area contributed by atoms with Crippen LogP contribution >= 0.6 is 11.6 Å². The third kappa shape index (κ3) is 4.31. The van der Waals surface area contributed by atoms with E-state index in [1.807, 2.05) is 42.5 Å². The van der Waals surface area contributed by atoms with Crippen LogP contribution in [-0.4, -0.2) is 24.2 Å². The molecule has 2 aliphatic rings. The lowest BCUT2D eigenvalue weighted by atomic mass is 9.83. The molecule has 2 bridgehead atoms. The molecular formula is C27H25ClNO3-. The van der Waals surface area contributed by atoms with Crippen molar-refractivity contribution in [1.82, 2.24) is 5.32 Å². The summed E-state index contributed by atoms with van der Waals surface area (Å²) in [6.07, 6.45) is 3.51. The number of carbonyl (C=O) groups is 1. The SMILES string of the molecule is O=C([O-])c1ccccc1-c1ccc(COC2C3CCC(CC2c2ccc(Cl)cc2)N3)cc1. The maximum Gasteiger partial charge on any atom is 0.0801 e. The van der Waals surface area contributed by atoms with Crippen LogP contribution in [0.15, 0.2) is 72.8 Å². The maximum absolute atomic E-state index is 11.4. The summed E-state index contributed by atoms with van der Waals surface area (Å²) >= 11 is 6.10. The Morgan fingerprint density at radius 2 is 1.75 bits per heavy atom. The van der Waals surface area contributed by atoms with Gasteiger partial charge in [-0.1, -0.05) is 72.3 Å². The van der Waals surface area contributed by atoms with Gasteiger partial charge in [-0.25, -0.2) is 0 Å². The zero-order valence-electron chi connectivity index (χ0n) is 17.7. The van der Waals surface area contributed by atoms with E-state index in [0.717, 1.165) is 29.0 Å². The highest BCUT2D eigenvalue weighted by Gasteiger charge is 2.42. The minimum Gasteiger partial charge on any atom is -0.545 e. The molecule has 4 atom stereocenters. The third-order valence-corrected chi connectivity index (χ3v) is 7.01. The number of ether oxygens (including phenoxy) is 1. The molecule has 0 spiro atoms. The van der Waals surface area contributed by atoms with Gasteiger partial charge in [-0.2, -0.15) is 0 Å². The molecule has 0 aliphatic carbocycles. The molecule has 1 N–H and O–H groups in total. The lowest BCUT2D eigenvalue weighted by Gasteiger charge is -2.38.